The Kier molecular flexibility index (Phi) is 5.41. The second-order valence-electron chi connectivity index (χ2n) is 4.98. The fraction of sp³-hybridized carbons (Fsp3) is 0.533. The van der Waals surface area contributed by atoms with Crippen LogP contribution in [0.1, 0.15) is 29.4 Å². The van der Waals surface area contributed by atoms with Crippen LogP contribution in [0.2, 0.25) is 0 Å². The highest BCUT2D eigenvalue weighted by molar-refractivity contribution is 5.29. The maximum absolute atomic E-state index is 4.99. The van der Waals surface area contributed by atoms with Crippen molar-refractivity contribution in [2.24, 2.45) is 0 Å². The molecule has 1 N–H and O–H groups in total. The second-order valence-corrected chi connectivity index (χ2v) is 4.98. The number of methoxy groups -OCH3 is 1. The molecule has 0 saturated heterocycles. The van der Waals surface area contributed by atoms with Crippen molar-refractivity contribution in [3.05, 3.63) is 34.9 Å². The molecule has 0 unspecified atom stereocenters. The van der Waals surface area contributed by atoms with Crippen LogP contribution < -0.4 is 5.32 Å². The first-order chi connectivity index (χ1) is 10.2. The number of rotatable bonds is 7. The maximum atomic E-state index is 4.99. The minimum atomic E-state index is 0.621. The fourth-order valence-electron chi connectivity index (χ4n) is 2.34. The number of hydrogen-bond donors (Lipinski definition) is 1. The lowest BCUT2D eigenvalue weighted by Gasteiger charge is -2.06. The van der Waals surface area contributed by atoms with Crippen LogP contribution in [0.5, 0.6) is 0 Å². The summed E-state index contributed by atoms with van der Waals surface area (Å²) in [5.74, 6) is 0.621. The molecule has 0 aliphatic heterocycles. The summed E-state index contributed by atoms with van der Waals surface area (Å²) in [6.07, 6.45) is 4.65. The Balaban J connectivity index is 2.08. The summed E-state index contributed by atoms with van der Waals surface area (Å²) >= 11 is 0. The van der Waals surface area contributed by atoms with Crippen molar-refractivity contribution in [2.75, 3.05) is 20.3 Å². The van der Waals surface area contributed by atoms with Crippen LogP contribution in [0.25, 0.3) is 5.95 Å². The Morgan fingerprint density at radius 3 is 2.52 bits per heavy atom. The van der Waals surface area contributed by atoms with Crippen LogP contribution in [0.3, 0.4) is 0 Å². The lowest BCUT2D eigenvalue weighted by molar-refractivity contribution is 0.199. The lowest BCUT2D eigenvalue weighted by Crippen LogP contribution is -2.19. The summed E-state index contributed by atoms with van der Waals surface area (Å²) in [6.45, 7) is 8.47. The van der Waals surface area contributed by atoms with Crippen molar-refractivity contribution in [3.63, 3.8) is 0 Å². The molecule has 0 fully saturated rings. The van der Waals surface area contributed by atoms with Gasteiger partial charge < -0.3 is 10.1 Å². The first-order valence-electron chi connectivity index (χ1n) is 7.23. The number of hydrogen-bond acceptors (Lipinski definition) is 5. The molecule has 0 radical (unpaired) electrons. The van der Waals surface area contributed by atoms with Gasteiger partial charge in [-0.05, 0) is 25.8 Å². The summed E-state index contributed by atoms with van der Waals surface area (Å²) in [4.78, 5) is 8.83. The molecule has 0 amide bonds. The fourth-order valence-corrected chi connectivity index (χ4v) is 2.34. The normalized spacial score (nSPS) is 11.0. The molecule has 0 bridgehead atoms. The van der Waals surface area contributed by atoms with E-state index in [1.807, 2.05) is 24.0 Å². The van der Waals surface area contributed by atoms with E-state index in [2.05, 4.69) is 34.2 Å². The second kappa shape index (κ2) is 7.28. The molecule has 2 rings (SSSR count). The molecule has 0 atom stereocenters. The Labute approximate surface area is 125 Å². The van der Waals surface area contributed by atoms with Gasteiger partial charge in [-0.25, -0.2) is 14.6 Å². The quantitative estimate of drug-likeness (QED) is 0.784. The van der Waals surface area contributed by atoms with E-state index in [1.165, 1.54) is 5.56 Å². The molecule has 6 nitrogen and oxygen atoms in total. The molecule has 6 heteroatoms. The van der Waals surface area contributed by atoms with Crippen LogP contribution in [0, 0.1) is 13.8 Å². The number of nitrogens with one attached hydrogen (secondary N) is 1. The third-order valence-corrected chi connectivity index (χ3v) is 3.49. The average molecular weight is 289 g/mol. The van der Waals surface area contributed by atoms with Gasteiger partial charge in [0.25, 0.3) is 5.95 Å². The predicted octanol–water partition coefficient (Wildman–Crippen LogP) is 1.58. The zero-order valence-corrected chi connectivity index (χ0v) is 13.2. The number of ether oxygens (including phenoxy) is 1. The molecule has 0 spiro atoms. The number of aryl methyl sites for hydroxylation is 1. The van der Waals surface area contributed by atoms with E-state index < -0.39 is 0 Å². The zero-order chi connectivity index (χ0) is 15.2. The Morgan fingerprint density at radius 1 is 1.24 bits per heavy atom. The molecular weight excluding hydrogens is 266 g/mol. The largest absolute Gasteiger partial charge is 0.383 e. The standard InChI is InChI=1S/C15H23N5O/c1-5-14-11(2)19-20(12(14)3)15-17-9-13(10-18-15)8-16-6-7-21-4/h9-10,16H,5-8H2,1-4H3. The topological polar surface area (TPSA) is 64.9 Å². The lowest BCUT2D eigenvalue weighted by atomic mass is 10.1. The van der Waals surface area contributed by atoms with Crippen LogP contribution >= 0.6 is 0 Å². The molecule has 2 aromatic rings. The van der Waals surface area contributed by atoms with E-state index in [1.54, 1.807) is 7.11 Å². The predicted molar refractivity (Wildman–Crippen MR) is 81.6 cm³/mol. The van der Waals surface area contributed by atoms with Crippen LogP contribution in [0.15, 0.2) is 12.4 Å². The molecule has 2 aromatic heterocycles. The van der Waals surface area contributed by atoms with Gasteiger partial charge in [0.05, 0.1) is 12.3 Å². The first-order valence-corrected chi connectivity index (χ1v) is 7.23. The Hall–Kier alpha value is -1.79. The summed E-state index contributed by atoms with van der Waals surface area (Å²) in [6, 6.07) is 0. The Bertz CT molecular complexity index is 576. The summed E-state index contributed by atoms with van der Waals surface area (Å²) in [5, 5.41) is 7.80. The van der Waals surface area contributed by atoms with Crippen LogP contribution in [0.4, 0.5) is 0 Å². The van der Waals surface area contributed by atoms with Crippen molar-refractivity contribution in [3.8, 4) is 5.95 Å². The summed E-state index contributed by atoms with van der Waals surface area (Å²) < 4.78 is 6.80. The Morgan fingerprint density at radius 2 is 1.95 bits per heavy atom. The van der Waals surface area contributed by atoms with Crippen LogP contribution in [-0.2, 0) is 17.7 Å². The van der Waals surface area contributed by atoms with E-state index in [-0.39, 0.29) is 0 Å². The SMILES string of the molecule is CCc1c(C)nn(-c2ncc(CNCCOC)cn2)c1C. The molecular formula is C15H23N5O. The molecule has 2 heterocycles. The van der Waals surface area contributed by atoms with E-state index in [0.29, 0.717) is 12.6 Å². The highest BCUT2D eigenvalue weighted by Gasteiger charge is 2.12. The molecule has 114 valence electrons. The summed E-state index contributed by atoms with van der Waals surface area (Å²) in [7, 11) is 1.69. The highest BCUT2D eigenvalue weighted by atomic mass is 16.5. The van der Waals surface area contributed by atoms with E-state index in [9.17, 15) is 0 Å². The van der Waals surface area contributed by atoms with Crippen molar-refractivity contribution in [2.45, 2.75) is 33.7 Å². The highest BCUT2D eigenvalue weighted by Crippen LogP contribution is 2.15. The molecule has 0 saturated carbocycles. The third kappa shape index (κ3) is 3.65. The van der Waals surface area contributed by atoms with E-state index in [0.717, 1.165) is 36.5 Å². The van der Waals surface area contributed by atoms with Crippen molar-refractivity contribution >= 4 is 0 Å². The van der Waals surface area contributed by atoms with Crippen molar-refractivity contribution < 1.29 is 4.74 Å². The maximum Gasteiger partial charge on any atom is 0.250 e. The van der Waals surface area contributed by atoms with Crippen LogP contribution in [-0.4, -0.2) is 40.0 Å². The molecule has 21 heavy (non-hydrogen) atoms. The van der Waals surface area contributed by atoms with Gasteiger partial charge in [0.15, 0.2) is 0 Å². The van der Waals surface area contributed by atoms with Crippen molar-refractivity contribution in [1.29, 1.82) is 0 Å². The smallest absolute Gasteiger partial charge is 0.250 e. The molecule has 0 aromatic carbocycles. The number of aromatic nitrogens is 4. The van der Waals surface area contributed by atoms with Gasteiger partial charge in [-0.15, -0.1) is 0 Å². The molecule has 0 aliphatic carbocycles. The zero-order valence-electron chi connectivity index (χ0n) is 13.2. The van der Waals surface area contributed by atoms with E-state index in [4.69, 9.17) is 4.74 Å². The number of nitrogens with zero attached hydrogens (tertiary/aromatic N) is 4. The van der Waals surface area contributed by atoms with Gasteiger partial charge in [-0.2, -0.15) is 5.10 Å². The average Bonchev–Trinajstić information content (AvgIpc) is 2.79. The van der Waals surface area contributed by atoms with Gasteiger partial charge in [-0.3, -0.25) is 0 Å². The van der Waals surface area contributed by atoms with E-state index >= 15 is 0 Å². The van der Waals surface area contributed by atoms with Gasteiger partial charge in [0.1, 0.15) is 0 Å². The minimum absolute atomic E-state index is 0.621. The monoisotopic (exact) mass is 289 g/mol. The first kappa shape index (κ1) is 15.6. The third-order valence-electron chi connectivity index (χ3n) is 3.49. The van der Waals surface area contributed by atoms with Crippen molar-refractivity contribution in [1.82, 2.24) is 25.1 Å². The van der Waals surface area contributed by atoms with Gasteiger partial charge in [0, 0.05) is 43.9 Å². The van der Waals surface area contributed by atoms with Gasteiger partial charge in [-0.1, -0.05) is 6.92 Å². The minimum Gasteiger partial charge on any atom is -0.383 e. The molecule has 0 aliphatic rings. The van der Waals surface area contributed by atoms with Gasteiger partial charge >= 0.3 is 0 Å². The van der Waals surface area contributed by atoms with Gasteiger partial charge in [0.2, 0.25) is 0 Å². The summed E-state index contributed by atoms with van der Waals surface area (Å²) in [5.41, 5.74) is 4.47.